The zero-order valence-corrected chi connectivity index (χ0v) is 21.8. The Labute approximate surface area is 214 Å². The van der Waals surface area contributed by atoms with Crippen molar-refractivity contribution in [2.45, 2.75) is 26.2 Å². The molecule has 35 heavy (non-hydrogen) atoms. The van der Waals surface area contributed by atoms with Gasteiger partial charge in [-0.1, -0.05) is 11.6 Å². The third-order valence-electron chi connectivity index (χ3n) is 6.20. The Balaban J connectivity index is 1.33. The van der Waals surface area contributed by atoms with Crippen LogP contribution >= 0.6 is 11.6 Å². The van der Waals surface area contributed by atoms with Crippen LogP contribution < -0.4 is 9.64 Å². The van der Waals surface area contributed by atoms with E-state index in [1.54, 1.807) is 28.9 Å². The number of amides is 2. The fraction of sp³-hybridized carbons (Fsp3) is 0.481. The number of rotatable bonds is 11. The van der Waals surface area contributed by atoms with Crippen molar-refractivity contribution < 1.29 is 14.3 Å². The van der Waals surface area contributed by atoms with E-state index in [1.165, 1.54) is 0 Å². The summed E-state index contributed by atoms with van der Waals surface area (Å²) >= 11 is 5.98. The maximum absolute atomic E-state index is 12.2. The number of anilines is 2. The Bertz CT molecular complexity index is 942. The van der Waals surface area contributed by atoms with Crippen molar-refractivity contribution in [3.8, 4) is 5.75 Å². The molecule has 1 saturated heterocycles. The van der Waals surface area contributed by atoms with Crippen molar-refractivity contribution in [1.29, 1.82) is 0 Å². The zero-order chi connectivity index (χ0) is 25.2. The highest BCUT2D eigenvalue weighted by molar-refractivity contribution is 6.30. The number of nitrogens with zero attached hydrogens (tertiary/aromatic N) is 4. The molecule has 190 valence electrons. The number of hydrogen-bond acceptors (Lipinski definition) is 5. The Morgan fingerprint density at radius 2 is 1.43 bits per heavy atom. The molecule has 0 spiro atoms. The first-order chi connectivity index (χ1) is 16.8. The predicted octanol–water partition coefficient (Wildman–Crippen LogP) is 4.28. The minimum Gasteiger partial charge on any atom is -0.494 e. The first-order valence-corrected chi connectivity index (χ1v) is 12.7. The Kier molecular flexibility index (Phi) is 10.4. The molecule has 1 aliphatic rings. The van der Waals surface area contributed by atoms with E-state index in [2.05, 4.69) is 9.80 Å². The van der Waals surface area contributed by atoms with Crippen molar-refractivity contribution >= 4 is 34.8 Å². The molecular formula is C27H37ClN4O3. The molecule has 2 aromatic carbocycles. The largest absolute Gasteiger partial charge is 0.494 e. The average Bonchev–Trinajstić information content (AvgIpc) is 2.84. The molecule has 0 aliphatic carbocycles. The Hall–Kier alpha value is -2.61. The highest BCUT2D eigenvalue weighted by Crippen LogP contribution is 2.28. The second-order valence-corrected chi connectivity index (χ2v) is 9.58. The first-order valence-electron chi connectivity index (χ1n) is 12.3. The lowest BCUT2D eigenvalue weighted by Crippen LogP contribution is -2.49. The highest BCUT2D eigenvalue weighted by Gasteiger charge is 2.19. The smallest absolute Gasteiger partial charge is 0.236 e. The summed E-state index contributed by atoms with van der Waals surface area (Å²) in [6.45, 7) is 7.80. The number of ether oxygens (including phenoxy) is 1. The molecule has 0 unspecified atom stereocenters. The number of unbranched alkanes of at least 4 members (excludes halogenated alkanes) is 2. The van der Waals surface area contributed by atoms with Crippen molar-refractivity contribution in [3.63, 3.8) is 0 Å². The van der Waals surface area contributed by atoms with Crippen LogP contribution in [0.3, 0.4) is 0 Å². The van der Waals surface area contributed by atoms with E-state index in [0.29, 0.717) is 18.2 Å². The number of piperazine rings is 1. The lowest BCUT2D eigenvalue weighted by atomic mass is 10.2. The summed E-state index contributed by atoms with van der Waals surface area (Å²) in [5.74, 6) is 0.909. The molecule has 8 heteroatoms. The molecule has 2 aromatic rings. The summed E-state index contributed by atoms with van der Waals surface area (Å²) in [6, 6.07) is 14.8. The van der Waals surface area contributed by atoms with Crippen LogP contribution in [0, 0.1) is 0 Å². The van der Waals surface area contributed by atoms with Crippen molar-refractivity contribution in [3.05, 3.63) is 53.6 Å². The van der Waals surface area contributed by atoms with Gasteiger partial charge in [-0.2, -0.15) is 0 Å². The summed E-state index contributed by atoms with van der Waals surface area (Å²) in [5.41, 5.74) is 1.57. The van der Waals surface area contributed by atoms with Crippen molar-refractivity contribution in [2.24, 2.45) is 0 Å². The van der Waals surface area contributed by atoms with Gasteiger partial charge in [0.15, 0.2) is 0 Å². The van der Waals surface area contributed by atoms with E-state index in [9.17, 15) is 9.59 Å². The molecule has 0 saturated carbocycles. The van der Waals surface area contributed by atoms with Gasteiger partial charge in [-0.15, -0.1) is 0 Å². The lowest BCUT2D eigenvalue weighted by Gasteiger charge is -2.34. The second-order valence-electron chi connectivity index (χ2n) is 9.14. The predicted molar refractivity (Wildman–Crippen MR) is 142 cm³/mol. The fourth-order valence-electron chi connectivity index (χ4n) is 4.10. The SMILES string of the molecule is CC(=O)N(c1ccc(Cl)cc1)c1ccc(OCCCCCN2CCN(CC(=O)N(C)C)CC2)cc1. The van der Waals surface area contributed by atoms with Gasteiger partial charge >= 0.3 is 0 Å². The van der Waals surface area contributed by atoms with Gasteiger partial charge in [-0.25, -0.2) is 0 Å². The van der Waals surface area contributed by atoms with Crippen LogP contribution in [0.25, 0.3) is 0 Å². The van der Waals surface area contributed by atoms with Gasteiger partial charge in [-0.3, -0.25) is 19.4 Å². The quantitative estimate of drug-likeness (QED) is 0.431. The second kappa shape index (κ2) is 13.5. The minimum absolute atomic E-state index is 0.0653. The highest BCUT2D eigenvalue weighted by atomic mass is 35.5. The summed E-state index contributed by atoms with van der Waals surface area (Å²) in [6.07, 6.45) is 3.27. The summed E-state index contributed by atoms with van der Waals surface area (Å²) in [5, 5.41) is 0.636. The standard InChI is InChI=1S/C27H37ClN4O3/c1-22(33)32(24-9-7-23(28)8-10-24)25-11-13-26(14-12-25)35-20-6-4-5-15-30-16-18-31(19-17-30)21-27(34)29(2)3/h7-14H,4-6,15-21H2,1-3H3. The number of carbonyl (C=O) groups excluding carboxylic acids is 2. The molecule has 1 heterocycles. The number of likely N-dealkylation sites (N-methyl/N-ethyl adjacent to an activating group) is 1. The maximum atomic E-state index is 12.2. The molecule has 3 rings (SSSR count). The van der Waals surface area contributed by atoms with Gasteiger partial charge in [0.25, 0.3) is 0 Å². The molecule has 0 aromatic heterocycles. The van der Waals surface area contributed by atoms with E-state index in [-0.39, 0.29) is 11.8 Å². The number of halogens is 1. The van der Waals surface area contributed by atoms with Crippen LogP contribution in [0.4, 0.5) is 11.4 Å². The van der Waals surface area contributed by atoms with Gasteiger partial charge in [-0.05, 0) is 74.3 Å². The van der Waals surface area contributed by atoms with E-state index in [1.807, 2.05) is 50.5 Å². The monoisotopic (exact) mass is 500 g/mol. The normalized spacial score (nSPS) is 14.5. The average molecular weight is 501 g/mol. The van der Waals surface area contributed by atoms with Crippen LogP contribution in [0.1, 0.15) is 26.2 Å². The third kappa shape index (κ3) is 8.53. The number of hydrogen-bond donors (Lipinski definition) is 0. The molecule has 0 atom stereocenters. The Morgan fingerprint density at radius 1 is 0.857 bits per heavy atom. The van der Waals surface area contributed by atoms with Gasteiger partial charge in [0, 0.05) is 63.6 Å². The summed E-state index contributed by atoms with van der Waals surface area (Å²) < 4.78 is 5.91. The minimum atomic E-state index is -0.0653. The van der Waals surface area contributed by atoms with Crippen molar-refractivity contribution in [2.75, 3.05) is 64.9 Å². The van der Waals surface area contributed by atoms with E-state index < -0.39 is 0 Å². The van der Waals surface area contributed by atoms with Crippen LogP contribution in [-0.2, 0) is 9.59 Å². The third-order valence-corrected chi connectivity index (χ3v) is 6.46. The topological polar surface area (TPSA) is 56.3 Å². The summed E-state index contributed by atoms with van der Waals surface area (Å²) in [7, 11) is 3.62. The molecule has 0 bridgehead atoms. The van der Waals surface area contributed by atoms with E-state index in [0.717, 1.165) is 69.1 Å². The van der Waals surface area contributed by atoms with Crippen LogP contribution in [0.5, 0.6) is 5.75 Å². The molecule has 2 amide bonds. The van der Waals surface area contributed by atoms with Crippen LogP contribution in [0.2, 0.25) is 5.02 Å². The van der Waals surface area contributed by atoms with Gasteiger partial charge in [0.1, 0.15) is 5.75 Å². The van der Waals surface area contributed by atoms with Crippen molar-refractivity contribution in [1.82, 2.24) is 14.7 Å². The van der Waals surface area contributed by atoms with Crippen LogP contribution in [-0.4, -0.2) is 86.5 Å². The first kappa shape index (κ1) is 27.0. The van der Waals surface area contributed by atoms with E-state index in [4.69, 9.17) is 16.3 Å². The Morgan fingerprint density at radius 3 is 2.00 bits per heavy atom. The molecule has 0 radical (unpaired) electrons. The van der Waals surface area contributed by atoms with Crippen LogP contribution in [0.15, 0.2) is 48.5 Å². The number of benzene rings is 2. The van der Waals surface area contributed by atoms with E-state index >= 15 is 0 Å². The maximum Gasteiger partial charge on any atom is 0.236 e. The number of carbonyl (C=O) groups is 2. The molecule has 0 N–H and O–H groups in total. The van der Waals surface area contributed by atoms with Gasteiger partial charge in [0.2, 0.25) is 11.8 Å². The summed E-state index contributed by atoms with van der Waals surface area (Å²) in [4.78, 5) is 32.1. The fourth-order valence-corrected chi connectivity index (χ4v) is 4.23. The molecule has 7 nitrogen and oxygen atoms in total. The van der Waals surface area contributed by atoms with Gasteiger partial charge < -0.3 is 14.5 Å². The van der Waals surface area contributed by atoms with Gasteiger partial charge in [0.05, 0.1) is 13.2 Å². The zero-order valence-electron chi connectivity index (χ0n) is 21.1. The lowest BCUT2D eigenvalue weighted by molar-refractivity contribution is -0.130. The molecule has 1 aliphatic heterocycles. The molecular weight excluding hydrogens is 464 g/mol. The molecule has 1 fully saturated rings.